The summed E-state index contributed by atoms with van der Waals surface area (Å²) < 4.78 is 6.47. The molecule has 0 bridgehead atoms. The second-order valence-electron chi connectivity index (χ2n) is 15.7. The quantitative estimate of drug-likeness (QED) is 0.196. The third kappa shape index (κ3) is 4.98. The highest BCUT2D eigenvalue weighted by molar-refractivity contribution is 7.39. The molecule has 4 aliphatic carbocycles. The number of rotatable bonds is 8. The Balaban J connectivity index is 1.59. The van der Waals surface area contributed by atoms with Crippen molar-refractivity contribution in [1.82, 2.24) is 5.32 Å². The third-order valence-corrected chi connectivity index (χ3v) is 13.2. The molecule has 1 N–H and O–H groups in total. The molecule has 0 aromatic heterocycles. The van der Waals surface area contributed by atoms with Gasteiger partial charge in [0.25, 0.3) is 0 Å². The first kappa shape index (κ1) is 29.5. The molecule has 10 unspecified atom stereocenters. The van der Waals surface area contributed by atoms with Gasteiger partial charge in [0.05, 0.1) is 12.2 Å². The smallest absolute Gasteiger partial charge is 0.234 e. The zero-order chi connectivity index (χ0) is 27.4. The summed E-state index contributed by atoms with van der Waals surface area (Å²) in [6.45, 7) is 21.6. The largest absolute Gasteiger partial charge is 0.373 e. The van der Waals surface area contributed by atoms with Crippen LogP contribution >= 0.6 is 9.24 Å². The highest BCUT2D eigenvalue weighted by Gasteiger charge is 2.69. The van der Waals surface area contributed by atoms with Gasteiger partial charge in [0.15, 0.2) is 0 Å². The fourth-order valence-electron chi connectivity index (χ4n) is 10.9. The van der Waals surface area contributed by atoms with Crippen molar-refractivity contribution in [3.63, 3.8) is 0 Å². The van der Waals surface area contributed by atoms with Gasteiger partial charge in [0, 0.05) is 13.0 Å². The molecule has 4 aliphatic rings. The molecule has 0 heterocycles. The third-order valence-electron chi connectivity index (χ3n) is 13.0. The lowest BCUT2D eigenvalue weighted by atomic mass is 9.35. The average Bonchev–Trinajstić information content (AvgIpc) is 3.15. The van der Waals surface area contributed by atoms with Gasteiger partial charge in [-0.1, -0.05) is 48.5 Å². The van der Waals surface area contributed by atoms with E-state index in [2.05, 4.69) is 69.9 Å². The Bertz CT molecular complexity index is 872. The van der Waals surface area contributed by atoms with Crippen molar-refractivity contribution in [1.29, 1.82) is 0 Å². The van der Waals surface area contributed by atoms with Gasteiger partial charge in [-0.25, -0.2) is 0 Å². The number of aldehydes is 1. The minimum Gasteiger partial charge on any atom is -0.373 e. The molecule has 0 aliphatic heterocycles. The van der Waals surface area contributed by atoms with Crippen molar-refractivity contribution >= 4 is 21.2 Å². The monoisotopic (exact) mass is 533 g/mol. The molecule has 10 atom stereocenters. The maximum Gasteiger partial charge on any atom is 0.234 e. The van der Waals surface area contributed by atoms with Crippen LogP contribution in [0.5, 0.6) is 0 Å². The van der Waals surface area contributed by atoms with Crippen molar-refractivity contribution in [3.05, 3.63) is 0 Å². The number of carbonyl (C=O) groups is 2. The standard InChI is InChI=1S/C32H56NO3P/c1-21(10-9-16-34)23-11-12-24-26-25(20-29(4,5)32(23,24)8)31(7)14-13-30(6,36-17-15-33-27(35)37)19-22(31)18-28(26,2)3/h16,21-26H,9-15,17-20,37H2,1-8H3,(H,33,35). The van der Waals surface area contributed by atoms with Crippen LogP contribution in [0.25, 0.3) is 0 Å². The van der Waals surface area contributed by atoms with E-state index in [1.807, 2.05) is 0 Å². The van der Waals surface area contributed by atoms with E-state index in [1.165, 1.54) is 32.1 Å². The number of ether oxygens (including phenoxy) is 1. The van der Waals surface area contributed by atoms with Crippen molar-refractivity contribution in [2.45, 2.75) is 119 Å². The number of hydrogen-bond acceptors (Lipinski definition) is 3. The zero-order valence-corrected chi connectivity index (χ0v) is 26.3. The van der Waals surface area contributed by atoms with Gasteiger partial charge in [0.1, 0.15) is 6.29 Å². The van der Waals surface area contributed by atoms with Crippen LogP contribution in [0.2, 0.25) is 0 Å². The lowest BCUT2D eigenvalue weighted by molar-refractivity contribution is -0.228. The minimum atomic E-state index is -0.0934. The van der Waals surface area contributed by atoms with E-state index >= 15 is 0 Å². The van der Waals surface area contributed by atoms with Crippen LogP contribution in [0, 0.1) is 57.2 Å². The van der Waals surface area contributed by atoms with Crippen LogP contribution < -0.4 is 5.32 Å². The van der Waals surface area contributed by atoms with Crippen LogP contribution in [0.4, 0.5) is 4.79 Å². The fourth-order valence-corrected chi connectivity index (χ4v) is 11.0. The van der Waals surface area contributed by atoms with Crippen molar-refractivity contribution in [2.24, 2.45) is 57.2 Å². The Morgan fingerprint density at radius 3 is 2.38 bits per heavy atom. The minimum absolute atomic E-state index is 0.0655. The van der Waals surface area contributed by atoms with Crippen molar-refractivity contribution in [3.8, 4) is 0 Å². The Labute approximate surface area is 229 Å². The molecule has 212 valence electrons. The number of carbonyl (C=O) groups excluding carboxylic acids is 2. The molecule has 4 rings (SSSR count). The molecule has 0 aromatic rings. The SMILES string of the molecule is CC(CCC=O)C1CCC2C3C(CC(C)(C)C12C)C1(C)CCC(C)(OCCNC(=O)P)CC1CC3(C)C. The molecule has 4 saturated carbocycles. The van der Waals surface area contributed by atoms with E-state index in [0.29, 0.717) is 53.1 Å². The fraction of sp³-hybridized carbons (Fsp3) is 0.938. The highest BCUT2D eigenvalue weighted by atomic mass is 31.0. The van der Waals surface area contributed by atoms with Crippen LogP contribution in [0.15, 0.2) is 0 Å². The summed E-state index contributed by atoms with van der Waals surface area (Å²) in [5.41, 5.74) is 1.17. The average molecular weight is 534 g/mol. The molecule has 1 amide bonds. The molecule has 37 heavy (non-hydrogen) atoms. The Morgan fingerprint density at radius 1 is 1.03 bits per heavy atom. The summed E-state index contributed by atoms with van der Waals surface area (Å²) in [7, 11) is 2.18. The van der Waals surface area contributed by atoms with Crippen LogP contribution in [0.1, 0.15) is 113 Å². The normalized spacial score (nSPS) is 44.7. The summed E-state index contributed by atoms with van der Waals surface area (Å²) in [6, 6.07) is 0. The van der Waals surface area contributed by atoms with E-state index in [4.69, 9.17) is 4.74 Å². The van der Waals surface area contributed by atoms with E-state index in [1.54, 1.807) is 0 Å². The molecule has 0 radical (unpaired) electrons. The topological polar surface area (TPSA) is 55.4 Å². The lowest BCUT2D eigenvalue weighted by Gasteiger charge is -2.70. The summed E-state index contributed by atoms with van der Waals surface area (Å²) in [5.74, 6) is 4.34. The van der Waals surface area contributed by atoms with Crippen LogP contribution in [-0.2, 0) is 9.53 Å². The van der Waals surface area contributed by atoms with Gasteiger partial charge in [-0.15, -0.1) is 0 Å². The van der Waals surface area contributed by atoms with E-state index in [9.17, 15) is 9.59 Å². The molecular weight excluding hydrogens is 477 g/mol. The van der Waals surface area contributed by atoms with Crippen LogP contribution in [-0.4, -0.2) is 30.7 Å². The first-order chi connectivity index (χ1) is 17.1. The maximum absolute atomic E-state index is 11.3. The summed E-state index contributed by atoms with van der Waals surface area (Å²) in [5, 5.41) is 2.85. The number of nitrogens with one attached hydrogen (secondary N) is 1. The highest BCUT2D eigenvalue weighted by Crippen LogP contribution is 2.76. The van der Waals surface area contributed by atoms with Crippen molar-refractivity contribution < 1.29 is 14.3 Å². The summed E-state index contributed by atoms with van der Waals surface area (Å²) in [4.78, 5) is 22.4. The number of fused-ring (bicyclic) bond motifs is 5. The Hall–Kier alpha value is -0.470. The molecular formula is C32H56NO3P. The van der Waals surface area contributed by atoms with Gasteiger partial charge in [-0.3, -0.25) is 4.79 Å². The van der Waals surface area contributed by atoms with Gasteiger partial charge in [0.2, 0.25) is 5.65 Å². The number of amides is 1. The zero-order valence-electron chi connectivity index (χ0n) is 25.1. The molecule has 4 nitrogen and oxygen atoms in total. The second kappa shape index (κ2) is 10.2. The Morgan fingerprint density at radius 2 is 1.73 bits per heavy atom. The molecule has 0 saturated heterocycles. The number of hydrogen-bond donors (Lipinski definition) is 1. The van der Waals surface area contributed by atoms with E-state index < -0.39 is 0 Å². The van der Waals surface area contributed by atoms with Crippen LogP contribution in [0.3, 0.4) is 0 Å². The van der Waals surface area contributed by atoms with Crippen molar-refractivity contribution in [2.75, 3.05) is 13.2 Å². The first-order valence-corrected chi connectivity index (χ1v) is 15.8. The molecule has 4 fully saturated rings. The lowest BCUT2D eigenvalue weighted by Crippen LogP contribution is -2.64. The van der Waals surface area contributed by atoms with Gasteiger partial charge >= 0.3 is 0 Å². The summed E-state index contributed by atoms with van der Waals surface area (Å²) in [6.07, 6.45) is 11.7. The first-order valence-electron chi connectivity index (χ1n) is 15.2. The second-order valence-corrected chi connectivity index (χ2v) is 16.2. The predicted octanol–water partition coefficient (Wildman–Crippen LogP) is 7.89. The van der Waals surface area contributed by atoms with E-state index in [-0.39, 0.29) is 11.2 Å². The van der Waals surface area contributed by atoms with Gasteiger partial charge in [-0.2, -0.15) is 0 Å². The molecule has 5 heteroatoms. The summed E-state index contributed by atoms with van der Waals surface area (Å²) >= 11 is 0. The van der Waals surface area contributed by atoms with Gasteiger partial charge < -0.3 is 14.8 Å². The maximum atomic E-state index is 11.3. The Kier molecular flexibility index (Phi) is 8.11. The predicted molar refractivity (Wildman–Crippen MR) is 155 cm³/mol. The van der Waals surface area contributed by atoms with Gasteiger partial charge in [-0.05, 0) is 125 Å². The van der Waals surface area contributed by atoms with E-state index in [0.717, 1.165) is 49.2 Å². The molecule has 0 spiro atoms. The molecule has 0 aromatic carbocycles.